The van der Waals surface area contributed by atoms with Crippen LogP contribution in [0.1, 0.15) is 33.3 Å². The molecule has 0 aliphatic carbocycles. The van der Waals surface area contributed by atoms with Crippen LogP contribution in [0.15, 0.2) is 33.9 Å². The Morgan fingerprint density at radius 2 is 1.50 bits per heavy atom. The van der Waals surface area contributed by atoms with Crippen molar-refractivity contribution in [1.29, 1.82) is 0 Å². The fourth-order valence-electron chi connectivity index (χ4n) is 2.54. The van der Waals surface area contributed by atoms with E-state index in [0.717, 1.165) is 0 Å². The van der Waals surface area contributed by atoms with E-state index in [1.165, 1.54) is 18.9 Å². The van der Waals surface area contributed by atoms with Gasteiger partial charge in [-0.05, 0) is 0 Å². The average Bonchev–Trinajstić information content (AvgIpc) is 2.33. The van der Waals surface area contributed by atoms with Crippen molar-refractivity contribution in [3.05, 3.63) is 39.5 Å². The molecular formula is C15H24Sn. The van der Waals surface area contributed by atoms with Crippen LogP contribution in [0.25, 0.3) is 6.08 Å². The van der Waals surface area contributed by atoms with Gasteiger partial charge in [0.25, 0.3) is 0 Å². The zero-order valence-corrected chi connectivity index (χ0v) is 13.9. The second kappa shape index (κ2) is 6.48. The predicted octanol–water partition coefficient (Wildman–Crippen LogP) is 5.14. The summed E-state index contributed by atoms with van der Waals surface area (Å²) in [5, 5.41) is 0. The quantitative estimate of drug-likeness (QED) is 0.659. The van der Waals surface area contributed by atoms with E-state index in [-0.39, 0.29) is 0 Å². The molecule has 0 spiro atoms. The van der Waals surface area contributed by atoms with Crippen LogP contribution in [-0.2, 0) is 0 Å². The molecule has 0 saturated carbocycles. The van der Waals surface area contributed by atoms with E-state index in [1.54, 1.807) is 3.59 Å². The van der Waals surface area contributed by atoms with E-state index in [0.29, 0.717) is 0 Å². The second-order valence-corrected chi connectivity index (χ2v) is 20.2. The maximum absolute atomic E-state index is 2.44. The molecule has 1 aromatic carbocycles. The topological polar surface area (TPSA) is 0 Å². The van der Waals surface area contributed by atoms with Crippen molar-refractivity contribution in [3.63, 3.8) is 0 Å². The van der Waals surface area contributed by atoms with Crippen LogP contribution in [0.5, 0.6) is 0 Å². The van der Waals surface area contributed by atoms with Crippen molar-refractivity contribution in [2.24, 2.45) is 0 Å². The van der Waals surface area contributed by atoms with Gasteiger partial charge in [-0.25, -0.2) is 0 Å². The summed E-state index contributed by atoms with van der Waals surface area (Å²) in [6, 6.07) is 10.8. The summed E-state index contributed by atoms with van der Waals surface area (Å²) in [5.74, 6) is 0. The Morgan fingerprint density at radius 3 is 1.94 bits per heavy atom. The Kier molecular flexibility index (Phi) is 5.60. The summed E-state index contributed by atoms with van der Waals surface area (Å²) >= 11 is -1.93. The molecule has 0 aliphatic heterocycles. The molecule has 1 aromatic rings. The number of hydrogen-bond donors (Lipinski definition) is 0. The number of allylic oxidation sites excluding steroid dienone is 1. The first-order chi connectivity index (χ1) is 7.68. The van der Waals surface area contributed by atoms with E-state index < -0.39 is 18.4 Å². The molecule has 0 amide bonds. The fourth-order valence-corrected chi connectivity index (χ4v) is 12.9. The molecular weight excluding hydrogens is 299 g/mol. The Bertz CT molecular complexity index is 325. The van der Waals surface area contributed by atoms with E-state index in [2.05, 4.69) is 64.1 Å². The zero-order valence-electron chi connectivity index (χ0n) is 11.1. The van der Waals surface area contributed by atoms with Gasteiger partial charge in [-0.15, -0.1) is 0 Å². The summed E-state index contributed by atoms with van der Waals surface area (Å²) in [7, 11) is 0. The molecule has 0 unspecified atom stereocenters. The van der Waals surface area contributed by atoms with Crippen LogP contribution >= 0.6 is 0 Å². The van der Waals surface area contributed by atoms with Crippen LogP contribution in [0.4, 0.5) is 0 Å². The molecule has 0 bridgehead atoms. The summed E-state index contributed by atoms with van der Waals surface area (Å²) < 4.78 is 6.05. The molecule has 0 fully saturated rings. The summed E-state index contributed by atoms with van der Waals surface area (Å²) in [5.41, 5.74) is 1.37. The molecule has 0 saturated heterocycles. The van der Waals surface area contributed by atoms with E-state index in [4.69, 9.17) is 0 Å². The van der Waals surface area contributed by atoms with Gasteiger partial charge in [-0.1, -0.05) is 0 Å². The average molecular weight is 323 g/mol. The monoisotopic (exact) mass is 324 g/mol. The second-order valence-electron chi connectivity index (χ2n) is 4.58. The van der Waals surface area contributed by atoms with Crippen molar-refractivity contribution in [2.75, 3.05) is 0 Å². The van der Waals surface area contributed by atoms with Crippen molar-refractivity contribution in [2.45, 2.75) is 41.0 Å². The van der Waals surface area contributed by atoms with Gasteiger partial charge in [0.15, 0.2) is 0 Å². The number of benzene rings is 1. The van der Waals surface area contributed by atoms with Crippen LogP contribution in [0.3, 0.4) is 0 Å². The maximum atomic E-state index is 2.44. The van der Waals surface area contributed by atoms with Gasteiger partial charge in [0.1, 0.15) is 0 Å². The van der Waals surface area contributed by atoms with Crippen LogP contribution in [-0.4, -0.2) is 18.4 Å². The van der Waals surface area contributed by atoms with Crippen molar-refractivity contribution in [3.8, 4) is 0 Å². The van der Waals surface area contributed by atoms with Crippen LogP contribution < -0.4 is 0 Å². The first-order valence-electron chi connectivity index (χ1n) is 6.42. The minimum atomic E-state index is -1.93. The Morgan fingerprint density at radius 1 is 1.00 bits per heavy atom. The van der Waals surface area contributed by atoms with Gasteiger partial charge in [-0.2, -0.15) is 0 Å². The summed E-state index contributed by atoms with van der Waals surface area (Å²) in [4.78, 5) is 0. The van der Waals surface area contributed by atoms with Gasteiger partial charge in [0, 0.05) is 0 Å². The van der Waals surface area contributed by atoms with E-state index >= 15 is 0 Å². The third-order valence-electron chi connectivity index (χ3n) is 4.05. The molecule has 0 atom stereocenters. The third-order valence-corrected chi connectivity index (χ3v) is 20.8. The summed E-state index contributed by atoms with van der Waals surface area (Å²) in [6.07, 6.45) is 2.44. The van der Waals surface area contributed by atoms with Crippen LogP contribution in [0, 0.1) is 0 Å². The third kappa shape index (κ3) is 3.13. The molecule has 0 heterocycles. The van der Waals surface area contributed by atoms with Gasteiger partial charge < -0.3 is 0 Å². The number of hydrogen-bond acceptors (Lipinski definition) is 0. The van der Waals surface area contributed by atoms with E-state index in [9.17, 15) is 0 Å². The molecule has 0 radical (unpaired) electrons. The standard InChI is InChI=1S/C9H9.3C2H5.Sn/c1-2-6-9-7-4-3-5-8-9;3*1-2;/h3-8H,1H3;3*1H2,2H3;. The van der Waals surface area contributed by atoms with Gasteiger partial charge >= 0.3 is 105 Å². The molecule has 88 valence electrons. The van der Waals surface area contributed by atoms with Crippen molar-refractivity contribution >= 4 is 24.5 Å². The fraction of sp³-hybridized carbons (Fsp3) is 0.467. The molecule has 1 heteroatoms. The van der Waals surface area contributed by atoms with Gasteiger partial charge in [0.2, 0.25) is 0 Å². The Hall–Kier alpha value is -0.241. The molecule has 1 rings (SSSR count). The SMILES string of the molecule is C[CH2][Sn]([CH2]C)([CH2]C)/[C](C)=C\c1ccccc1. The first kappa shape index (κ1) is 13.8. The molecule has 0 aromatic heterocycles. The predicted molar refractivity (Wildman–Crippen MR) is 77.3 cm³/mol. The normalized spacial score (nSPS) is 12.9. The minimum absolute atomic E-state index is 1.37. The molecule has 0 nitrogen and oxygen atoms in total. The van der Waals surface area contributed by atoms with E-state index in [1.807, 2.05) is 0 Å². The summed E-state index contributed by atoms with van der Waals surface area (Å²) in [6.45, 7) is 9.56. The zero-order chi connectivity index (χ0) is 12.0. The van der Waals surface area contributed by atoms with Crippen LogP contribution in [0.2, 0.25) is 13.3 Å². The van der Waals surface area contributed by atoms with Crippen molar-refractivity contribution in [1.82, 2.24) is 0 Å². The first-order valence-corrected chi connectivity index (χ1v) is 13.9. The molecule has 0 N–H and O–H groups in total. The molecule has 16 heavy (non-hydrogen) atoms. The van der Waals surface area contributed by atoms with Crippen molar-refractivity contribution < 1.29 is 0 Å². The molecule has 0 aliphatic rings. The Balaban J connectivity index is 2.99. The number of rotatable bonds is 5. The Labute approximate surface area is 105 Å². The van der Waals surface area contributed by atoms with Gasteiger partial charge in [-0.3, -0.25) is 0 Å². The van der Waals surface area contributed by atoms with Gasteiger partial charge in [0.05, 0.1) is 0 Å².